The fraction of sp³-hybridized carbons (Fsp3) is 0.257. The molecule has 6 nitrogen and oxygen atoms in total. The van der Waals surface area contributed by atoms with E-state index in [0.717, 1.165) is 71.9 Å². The molecule has 1 fully saturated rings. The number of carbonyl (C=O) groups excluding carboxylic acids is 2. The lowest BCUT2D eigenvalue weighted by atomic mass is 9.89. The maximum absolute atomic E-state index is 13.1. The molecule has 2 amide bonds. The highest BCUT2D eigenvalue weighted by Crippen LogP contribution is 2.38. The number of benzene rings is 4. The fourth-order valence-electron chi connectivity index (χ4n) is 6.09. The molecule has 0 radical (unpaired) electrons. The van der Waals surface area contributed by atoms with Gasteiger partial charge in [0.1, 0.15) is 5.58 Å². The van der Waals surface area contributed by atoms with Crippen molar-refractivity contribution < 1.29 is 14.0 Å². The van der Waals surface area contributed by atoms with Crippen molar-refractivity contribution in [3.63, 3.8) is 0 Å². The summed E-state index contributed by atoms with van der Waals surface area (Å²) in [6.45, 7) is 5.05. The molecule has 8 heteroatoms. The molecule has 1 aliphatic heterocycles. The number of likely N-dealkylation sites (tertiary alicyclic amines) is 1. The molecule has 1 aromatic heterocycles. The molecular weight excluding hydrogens is 581 g/mol. The molecule has 0 aliphatic carbocycles. The highest BCUT2D eigenvalue weighted by Gasteiger charge is 2.21. The molecule has 0 saturated carbocycles. The minimum Gasteiger partial charge on any atom is -0.450 e. The number of rotatable bonds is 8. The van der Waals surface area contributed by atoms with Gasteiger partial charge in [-0.1, -0.05) is 59.6 Å². The molecule has 0 unspecified atom stereocenters. The van der Waals surface area contributed by atoms with E-state index in [0.29, 0.717) is 33.9 Å². The zero-order chi connectivity index (χ0) is 29.9. The molecule has 1 saturated heterocycles. The van der Waals surface area contributed by atoms with Crippen LogP contribution in [-0.2, 0) is 4.79 Å². The molecular formula is C35H33Cl2N3O3. The molecule has 5 aromatic rings. The van der Waals surface area contributed by atoms with E-state index in [1.807, 2.05) is 54.6 Å². The van der Waals surface area contributed by atoms with Gasteiger partial charge in [-0.25, -0.2) is 0 Å². The van der Waals surface area contributed by atoms with Crippen molar-refractivity contribution in [2.24, 2.45) is 0 Å². The summed E-state index contributed by atoms with van der Waals surface area (Å²) in [5.41, 5.74) is 4.70. The van der Waals surface area contributed by atoms with Crippen LogP contribution in [0.2, 0.25) is 10.0 Å². The van der Waals surface area contributed by atoms with Gasteiger partial charge in [0.2, 0.25) is 5.91 Å². The van der Waals surface area contributed by atoms with Gasteiger partial charge in [-0.2, -0.15) is 0 Å². The summed E-state index contributed by atoms with van der Waals surface area (Å²) in [5, 5.41) is 9.82. The Morgan fingerprint density at radius 1 is 0.907 bits per heavy atom. The van der Waals surface area contributed by atoms with Crippen LogP contribution >= 0.6 is 23.2 Å². The highest BCUT2D eigenvalue weighted by atomic mass is 35.5. The van der Waals surface area contributed by atoms with Crippen LogP contribution in [-0.4, -0.2) is 42.9 Å². The SMILES string of the molecule is CC(=O)Nc1cccc(C2CCN(CCCNC(=O)c3cc4cc(-c5cc(Cl)cc(Cl)c5)c5ccccc5c4o3)CC2)c1. The van der Waals surface area contributed by atoms with E-state index < -0.39 is 0 Å². The number of halogens is 2. The van der Waals surface area contributed by atoms with E-state index in [4.69, 9.17) is 27.6 Å². The monoisotopic (exact) mass is 613 g/mol. The van der Waals surface area contributed by atoms with Crippen LogP contribution in [0.3, 0.4) is 0 Å². The fourth-order valence-corrected chi connectivity index (χ4v) is 6.61. The first-order valence-corrected chi connectivity index (χ1v) is 15.4. The van der Waals surface area contributed by atoms with Gasteiger partial charge in [-0.15, -0.1) is 0 Å². The van der Waals surface area contributed by atoms with Gasteiger partial charge < -0.3 is 20.0 Å². The molecule has 4 aromatic carbocycles. The van der Waals surface area contributed by atoms with Gasteiger partial charge in [0, 0.05) is 40.0 Å². The molecule has 0 bridgehead atoms. The summed E-state index contributed by atoms with van der Waals surface area (Å²) in [4.78, 5) is 26.9. The van der Waals surface area contributed by atoms with Gasteiger partial charge in [-0.3, -0.25) is 9.59 Å². The van der Waals surface area contributed by atoms with E-state index >= 15 is 0 Å². The van der Waals surface area contributed by atoms with Gasteiger partial charge in [0.05, 0.1) is 0 Å². The van der Waals surface area contributed by atoms with Crippen LogP contribution in [0.4, 0.5) is 5.69 Å². The van der Waals surface area contributed by atoms with Crippen molar-refractivity contribution in [3.8, 4) is 11.1 Å². The second-order valence-electron chi connectivity index (χ2n) is 11.2. The van der Waals surface area contributed by atoms with Crippen LogP contribution in [0.25, 0.3) is 32.9 Å². The summed E-state index contributed by atoms with van der Waals surface area (Å²) < 4.78 is 6.11. The number of nitrogens with zero attached hydrogens (tertiary/aromatic N) is 1. The van der Waals surface area contributed by atoms with Gasteiger partial charge in [0.15, 0.2) is 5.76 Å². The number of hydrogen-bond acceptors (Lipinski definition) is 4. The summed E-state index contributed by atoms with van der Waals surface area (Å²) in [6.07, 6.45) is 3.01. The van der Waals surface area contributed by atoms with E-state index in [1.54, 1.807) is 12.1 Å². The predicted octanol–water partition coefficient (Wildman–Crippen LogP) is 8.52. The largest absolute Gasteiger partial charge is 0.450 e. The van der Waals surface area contributed by atoms with Gasteiger partial charge in [0.25, 0.3) is 5.91 Å². The summed E-state index contributed by atoms with van der Waals surface area (Å²) in [7, 11) is 0. The Morgan fingerprint density at radius 3 is 2.40 bits per heavy atom. The van der Waals surface area contributed by atoms with Crippen LogP contribution in [0.1, 0.15) is 48.2 Å². The predicted molar refractivity (Wildman–Crippen MR) is 175 cm³/mol. The first-order valence-electron chi connectivity index (χ1n) is 14.6. The first kappa shape index (κ1) is 29.2. The van der Waals surface area contributed by atoms with Gasteiger partial charge in [-0.05, 0) is 109 Å². The lowest BCUT2D eigenvalue weighted by Gasteiger charge is -2.32. The maximum Gasteiger partial charge on any atom is 0.287 e. The molecule has 0 spiro atoms. The van der Waals surface area contributed by atoms with E-state index in [-0.39, 0.29) is 11.8 Å². The number of hydrogen-bond donors (Lipinski definition) is 2. The normalized spacial score (nSPS) is 14.3. The molecule has 0 atom stereocenters. The summed E-state index contributed by atoms with van der Waals surface area (Å²) in [6, 6.07) is 25.5. The zero-order valence-corrected chi connectivity index (χ0v) is 25.5. The average Bonchev–Trinajstić information content (AvgIpc) is 3.43. The Kier molecular flexibility index (Phi) is 8.70. The van der Waals surface area contributed by atoms with Crippen LogP contribution in [0, 0.1) is 0 Å². The number of anilines is 1. The number of piperidine rings is 1. The second-order valence-corrected chi connectivity index (χ2v) is 12.1. The number of fused-ring (bicyclic) bond motifs is 3. The van der Waals surface area contributed by atoms with Crippen molar-refractivity contribution >= 4 is 62.4 Å². The Bertz CT molecular complexity index is 1790. The third-order valence-electron chi connectivity index (χ3n) is 8.12. The molecule has 1 aliphatic rings. The lowest BCUT2D eigenvalue weighted by Crippen LogP contribution is -2.35. The smallest absolute Gasteiger partial charge is 0.287 e. The Hall–Kier alpha value is -3.84. The van der Waals surface area contributed by atoms with Crippen molar-refractivity contribution in [3.05, 3.63) is 100 Å². The standard InChI is InChI=1S/C35H33Cl2N3O3/c1-22(41)39-29-7-4-6-24(18-29)23-10-14-40(15-11-23)13-5-12-38-35(42)33-20-26-19-32(25-16-27(36)21-28(37)17-25)30-8-2-3-9-31(30)34(26)43-33/h2-4,6-9,16-21,23H,5,10-15H2,1H3,(H,38,42)(H,39,41). The third-order valence-corrected chi connectivity index (χ3v) is 8.56. The van der Waals surface area contributed by atoms with E-state index in [9.17, 15) is 9.59 Å². The van der Waals surface area contributed by atoms with E-state index in [2.05, 4.69) is 27.7 Å². The first-order chi connectivity index (χ1) is 20.8. The number of carbonyl (C=O) groups is 2. The Morgan fingerprint density at radius 2 is 1.65 bits per heavy atom. The number of amides is 2. The Balaban J connectivity index is 1.06. The Labute approximate surface area is 261 Å². The van der Waals surface area contributed by atoms with Crippen LogP contribution < -0.4 is 10.6 Å². The zero-order valence-electron chi connectivity index (χ0n) is 24.0. The lowest BCUT2D eigenvalue weighted by molar-refractivity contribution is -0.114. The molecule has 43 heavy (non-hydrogen) atoms. The molecule has 6 rings (SSSR count). The van der Waals surface area contributed by atoms with E-state index in [1.165, 1.54) is 12.5 Å². The number of furan rings is 1. The molecule has 2 heterocycles. The average molecular weight is 615 g/mol. The third kappa shape index (κ3) is 6.72. The minimum absolute atomic E-state index is 0.0541. The second kappa shape index (κ2) is 12.8. The van der Waals surface area contributed by atoms with Crippen molar-refractivity contribution in [1.29, 1.82) is 0 Å². The van der Waals surface area contributed by atoms with Crippen molar-refractivity contribution in [2.75, 3.05) is 31.5 Å². The topological polar surface area (TPSA) is 74.6 Å². The summed E-state index contributed by atoms with van der Waals surface area (Å²) >= 11 is 12.6. The van der Waals surface area contributed by atoms with Crippen molar-refractivity contribution in [1.82, 2.24) is 10.2 Å². The molecule has 2 N–H and O–H groups in total. The van der Waals surface area contributed by atoms with Crippen molar-refractivity contribution in [2.45, 2.75) is 32.1 Å². The quantitative estimate of drug-likeness (QED) is 0.172. The molecule has 220 valence electrons. The highest BCUT2D eigenvalue weighted by molar-refractivity contribution is 6.35. The summed E-state index contributed by atoms with van der Waals surface area (Å²) in [5.74, 6) is 0.515. The van der Waals surface area contributed by atoms with Crippen LogP contribution in [0.5, 0.6) is 0 Å². The maximum atomic E-state index is 13.1. The van der Waals surface area contributed by atoms with Gasteiger partial charge >= 0.3 is 0 Å². The van der Waals surface area contributed by atoms with Crippen LogP contribution in [0.15, 0.2) is 83.3 Å². The minimum atomic E-state index is -0.217. The number of nitrogens with one attached hydrogen (secondary N) is 2.